The van der Waals surface area contributed by atoms with Gasteiger partial charge in [-0.05, 0) is 135 Å². The molecule has 281 valence electrons. The van der Waals surface area contributed by atoms with E-state index in [9.17, 15) is 17.3 Å². The third kappa shape index (κ3) is 18.0. The van der Waals surface area contributed by atoms with Gasteiger partial charge in [0.2, 0.25) is 0 Å². The number of halogens is 4. The summed E-state index contributed by atoms with van der Waals surface area (Å²) < 4.78 is 39.0. The van der Waals surface area contributed by atoms with Crippen LogP contribution in [0, 0.1) is 23.7 Å². The van der Waals surface area contributed by atoms with E-state index in [-0.39, 0.29) is 36.5 Å². The second kappa shape index (κ2) is 25.3. The van der Waals surface area contributed by atoms with Crippen LogP contribution in [0.5, 0.6) is 0 Å². The zero-order valence-electron chi connectivity index (χ0n) is 31.1. The standard InChI is InChI=1S/2C15H29P.C8H12.BF4.Fe.Rh/c2*1-11(2)14-9-10-15(12(3)4)16(14)13-7-5-6-8-13;1-2-4-6-8-7-5-3-1;2-1(3,4)5;;/h2*11-15H,5-10H2,1-4H3;1-2,7-8H,3-6H2;;;/q;;;-1;;/b;;2-1-,8-7?;;;. The molecule has 5 rings (SSSR count). The van der Waals surface area contributed by atoms with Crippen molar-refractivity contribution in [2.45, 2.75) is 192 Å². The van der Waals surface area contributed by atoms with Gasteiger partial charge in [0.1, 0.15) is 0 Å². The summed E-state index contributed by atoms with van der Waals surface area (Å²) in [6.07, 6.45) is 32.6. The smallest absolute Gasteiger partial charge is 0.418 e. The SMILES string of the molecule is C1=CCC/C=C\CC1.CC(C)C1CCC(C(C)C)P1C1CCCC1.CC(C)C1CCC(C(C)C)P1C1CCCC1.F[B-](F)(F)F.[Fe].[Rh]. The molecule has 2 aliphatic heterocycles. The molecule has 0 N–H and O–H groups in total. The van der Waals surface area contributed by atoms with E-state index >= 15 is 0 Å². The van der Waals surface area contributed by atoms with Gasteiger partial charge in [-0.3, -0.25) is 0 Å². The first-order valence-electron chi connectivity index (χ1n) is 18.9. The van der Waals surface area contributed by atoms with Crippen LogP contribution in [0.4, 0.5) is 17.3 Å². The molecule has 1 radical (unpaired) electrons. The number of rotatable bonds is 6. The third-order valence-electron chi connectivity index (χ3n) is 11.0. The van der Waals surface area contributed by atoms with Crippen molar-refractivity contribution in [1.82, 2.24) is 0 Å². The van der Waals surface area contributed by atoms with E-state index in [0.29, 0.717) is 15.8 Å². The van der Waals surface area contributed by atoms with E-state index in [0.717, 1.165) is 57.6 Å². The molecule has 2 heterocycles. The molecule has 0 nitrogen and oxygen atoms in total. The predicted octanol–water partition coefficient (Wildman–Crippen LogP) is 14.5. The fourth-order valence-corrected chi connectivity index (χ4v) is 18.4. The van der Waals surface area contributed by atoms with E-state index < -0.39 is 7.25 Å². The van der Waals surface area contributed by atoms with Crippen molar-refractivity contribution < 1.29 is 53.8 Å². The van der Waals surface area contributed by atoms with Crippen molar-refractivity contribution in [2.24, 2.45) is 23.7 Å². The minimum atomic E-state index is -6.00. The molecule has 3 aliphatic carbocycles. The van der Waals surface area contributed by atoms with E-state index in [1.807, 2.05) is 0 Å². The van der Waals surface area contributed by atoms with Crippen molar-refractivity contribution in [2.75, 3.05) is 0 Å². The molecular weight excluding hydrogens is 764 g/mol. The molecule has 0 bridgehead atoms. The summed E-state index contributed by atoms with van der Waals surface area (Å²) in [7, 11) is -5.30. The maximum Gasteiger partial charge on any atom is 0.673 e. The van der Waals surface area contributed by atoms with E-state index in [4.69, 9.17) is 0 Å². The zero-order chi connectivity index (χ0) is 33.6. The van der Waals surface area contributed by atoms with Gasteiger partial charge in [0.25, 0.3) is 0 Å². The Morgan fingerprint density at radius 3 is 0.809 bits per heavy atom. The minimum Gasteiger partial charge on any atom is -0.418 e. The van der Waals surface area contributed by atoms with Gasteiger partial charge in [-0.15, -0.1) is 0 Å². The summed E-state index contributed by atoms with van der Waals surface area (Å²) in [6, 6.07) is 0. The van der Waals surface area contributed by atoms with Crippen molar-refractivity contribution in [3.05, 3.63) is 24.3 Å². The van der Waals surface area contributed by atoms with Crippen LogP contribution in [0.3, 0.4) is 0 Å². The van der Waals surface area contributed by atoms with Gasteiger partial charge >= 0.3 is 7.25 Å². The Bertz CT molecular complexity index is 730. The van der Waals surface area contributed by atoms with Crippen LogP contribution in [0.25, 0.3) is 0 Å². The third-order valence-corrected chi connectivity index (χ3v) is 20.2. The van der Waals surface area contributed by atoms with Gasteiger partial charge in [-0.1, -0.05) is 121 Å². The Hall–Kier alpha value is 1.27. The van der Waals surface area contributed by atoms with Crippen LogP contribution < -0.4 is 0 Å². The Balaban J connectivity index is 0.000000643. The van der Waals surface area contributed by atoms with Crippen molar-refractivity contribution in [1.29, 1.82) is 0 Å². The maximum absolute atomic E-state index is 9.75. The summed E-state index contributed by atoms with van der Waals surface area (Å²) in [5, 5.41) is 0. The second-order valence-corrected chi connectivity index (χ2v) is 21.7. The normalized spacial score (nSPS) is 30.4. The Labute approximate surface area is 315 Å². The fraction of sp³-hybridized carbons (Fsp3) is 0.895. The average molecular weight is 834 g/mol. The van der Waals surface area contributed by atoms with Crippen LogP contribution in [-0.2, 0) is 36.5 Å². The Morgan fingerprint density at radius 1 is 0.447 bits per heavy atom. The molecule has 4 atom stereocenters. The van der Waals surface area contributed by atoms with Crippen molar-refractivity contribution in [3.63, 3.8) is 0 Å². The Morgan fingerprint density at radius 2 is 0.638 bits per heavy atom. The fourth-order valence-electron chi connectivity index (χ4n) is 8.83. The summed E-state index contributed by atoms with van der Waals surface area (Å²) in [5.41, 5.74) is 6.71. The molecule has 2 saturated carbocycles. The van der Waals surface area contributed by atoms with Gasteiger partial charge in [0.05, 0.1) is 0 Å². The summed E-state index contributed by atoms with van der Waals surface area (Å²) >= 11 is 0. The molecule has 0 aromatic carbocycles. The summed E-state index contributed by atoms with van der Waals surface area (Å²) in [4.78, 5) is 0. The van der Waals surface area contributed by atoms with Gasteiger partial charge in [-0.2, -0.15) is 0 Å². The largest absolute Gasteiger partial charge is 0.673 e. The summed E-state index contributed by atoms with van der Waals surface area (Å²) in [6.45, 7) is 19.8. The van der Waals surface area contributed by atoms with Crippen LogP contribution in [0.1, 0.15) is 158 Å². The first-order chi connectivity index (χ1) is 21.2. The maximum atomic E-state index is 9.75. The molecule has 0 spiro atoms. The molecule has 47 heavy (non-hydrogen) atoms. The molecule has 4 fully saturated rings. The van der Waals surface area contributed by atoms with Crippen LogP contribution in [0.15, 0.2) is 24.3 Å². The molecule has 4 unspecified atom stereocenters. The minimum absolute atomic E-state index is 0. The van der Waals surface area contributed by atoms with Crippen LogP contribution in [0.2, 0.25) is 0 Å². The second-order valence-electron chi connectivity index (χ2n) is 15.8. The molecule has 9 heteroatoms. The quantitative estimate of drug-likeness (QED) is 0.108. The van der Waals surface area contributed by atoms with E-state index in [1.165, 1.54) is 51.4 Å². The number of allylic oxidation sites excluding steroid dienone is 4. The van der Waals surface area contributed by atoms with Crippen molar-refractivity contribution in [3.8, 4) is 0 Å². The van der Waals surface area contributed by atoms with Crippen molar-refractivity contribution >= 4 is 23.1 Å². The van der Waals surface area contributed by atoms with E-state index in [1.54, 1.807) is 51.4 Å². The van der Waals surface area contributed by atoms with Crippen LogP contribution >= 0.6 is 15.8 Å². The number of hydrogen-bond acceptors (Lipinski definition) is 0. The van der Waals surface area contributed by atoms with Gasteiger partial charge in [0.15, 0.2) is 0 Å². The molecule has 0 aromatic heterocycles. The first kappa shape index (κ1) is 48.3. The van der Waals surface area contributed by atoms with Gasteiger partial charge < -0.3 is 17.3 Å². The Kier molecular flexibility index (Phi) is 26.0. The van der Waals surface area contributed by atoms with Gasteiger partial charge in [-0.25, -0.2) is 0 Å². The molecule has 0 amide bonds. The van der Waals surface area contributed by atoms with E-state index in [2.05, 4.69) is 79.7 Å². The first-order valence-corrected chi connectivity index (χ1v) is 22.0. The molecule has 0 aromatic rings. The average Bonchev–Trinajstić information content (AvgIpc) is 3.73. The molecule has 5 aliphatic rings. The predicted molar refractivity (Wildman–Crippen MR) is 198 cm³/mol. The van der Waals surface area contributed by atoms with Gasteiger partial charge in [0, 0.05) is 36.5 Å². The zero-order valence-corrected chi connectivity index (χ0v) is 35.6. The topological polar surface area (TPSA) is 0 Å². The molecular formula is C38H70BF4FeP2Rh-. The summed E-state index contributed by atoms with van der Waals surface area (Å²) in [5.74, 6) is 3.76. The monoisotopic (exact) mass is 834 g/mol. The molecule has 2 saturated heterocycles. The number of hydrogen-bond donors (Lipinski definition) is 0. The van der Waals surface area contributed by atoms with Crippen LogP contribution in [-0.4, -0.2) is 41.2 Å².